The molecule has 0 saturated carbocycles. The third-order valence-corrected chi connectivity index (χ3v) is 2.01. The van der Waals surface area contributed by atoms with E-state index < -0.39 is 24.2 Å². The molecule has 0 bridgehead atoms. The van der Waals surface area contributed by atoms with Gasteiger partial charge in [-0.05, 0) is 27.7 Å². The third-order valence-electron chi connectivity index (χ3n) is 2.01. The van der Waals surface area contributed by atoms with E-state index in [0.717, 1.165) is 0 Å². The van der Waals surface area contributed by atoms with Gasteiger partial charge in [0.05, 0.1) is 0 Å². The van der Waals surface area contributed by atoms with Crippen molar-refractivity contribution in [2.45, 2.75) is 45.9 Å². The Morgan fingerprint density at radius 2 is 1.73 bits per heavy atom. The molecule has 5 nitrogen and oxygen atoms in total. The largest absolute Gasteiger partial charge is 0.428 e. The molecule has 1 saturated heterocycles. The predicted molar refractivity (Wildman–Crippen MR) is 52.1 cm³/mol. The van der Waals surface area contributed by atoms with E-state index in [4.69, 9.17) is 18.9 Å². The van der Waals surface area contributed by atoms with Crippen LogP contribution in [-0.2, 0) is 23.7 Å². The molecule has 0 aromatic heterocycles. The number of ether oxygens (including phenoxy) is 4. The Labute approximate surface area is 89.6 Å². The van der Waals surface area contributed by atoms with Crippen LogP contribution in [0.15, 0.2) is 0 Å². The molecule has 0 aliphatic carbocycles. The van der Waals surface area contributed by atoms with Gasteiger partial charge in [-0.1, -0.05) is 0 Å². The maximum atomic E-state index is 11.5. The van der Waals surface area contributed by atoms with Crippen LogP contribution in [-0.4, -0.2) is 37.4 Å². The predicted octanol–water partition coefficient (Wildman–Crippen LogP) is 1.06. The molecular weight excluding hydrogens is 200 g/mol. The highest BCUT2D eigenvalue weighted by Crippen LogP contribution is 2.25. The number of carbonyl (C=O) groups is 1. The number of hydrogen-bond acceptors (Lipinski definition) is 5. The molecule has 0 amide bonds. The molecule has 0 radical (unpaired) electrons. The van der Waals surface area contributed by atoms with E-state index in [0.29, 0.717) is 13.2 Å². The van der Waals surface area contributed by atoms with Gasteiger partial charge in [-0.2, -0.15) is 0 Å². The Bertz CT molecular complexity index is 226. The highest BCUT2D eigenvalue weighted by molar-refractivity contribution is 5.79. The van der Waals surface area contributed by atoms with Gasteiger partial charge in [0, 0.05) is 13.2 Å². The van der Waals surface area contributed by atoms with E-state index in [1.54, 1.807) is 13.8 Å². The quantitative estimate of drug-likeness (QED) is 0.660. The van der Waals surface area contributed by atoms with Crippen molar-refractivity contribution in [3.8, 4) is 0 Å². The Morgan fingerprint density at radius 3 is 2.27 bits per heavy atom. The third kappa shape index (κ3) is 2.90. The Balaban J connectivity index is 2.68. The molecule has 1 aliphatic rings. The van der Waals surface area contributed by atoms with Gasteiger partial charge in [-0.25, -0.2) is 4.79 Å². The lowest BCUT2D eigenvalue weighted by atomic mass is 10.1. The minimum atomic E-state index is -0.979. The lowest BCUT2D eigenvalue weighted by Crippen LogP contribution is -2.54. The standard InChI is InChI=1S/C10H18O5/c1-5-12-7-8(13-6-2)15-10(3,4)9(11)14-7/h7-8H,5-6H2,1-4H3/t7-,8-/m0/s1. The van der Waals surface area contributed by atoms with E-state index in [1.165, 1.54) is 0 Å². The smallest absolute Gasteiger partial charge is 0.340 e. The number of esters is 1. The van der Waals surface area contributed by atoms with Crippen LogP contribution in [0.25, 0.3) is 0 Å². The molecule has 1 rings (SSSR count). The van der Waals surface area contributed by atoms with Gasteiger partial charge in [0.25, 0.3) is 6.29 Å². The summed E-state index contributed by atoms with van der Waals surface area (Å²) >= 11 is 0. The van der Waals surface area contributed by atoms with E-state index in [2.05, 4.69) is 0 Å². The zero-order valence-corrected chi connectivity index (χ0v) is 9.61. The maximum Gasteiger partial charge on any atom is 0.340 e. The van der Waals surface area contributed by atoms with Crippen molar-refractivity contribution >= 4 is 5.97 Å². The van der Waals surface area contributed by atoms with Crippen LogP contribution < -0.4 is 0 Å². The molecule has 1 aliphatic heterocycles. The molecule has 2 atom stereocenters. The van der Waals surface area contributed by atoms with Gasteiger partial charge in [0.1, 0.15) is 0 Å². The molecule has 5 heteroatoms. The Hall–Kier alpha value is -0.650. The molecule has 0 aromatic rings. The molecule has 0 unspecified atom stereocenters. The highest BCUT2D eigenvalue weighted by Gasteiger charge is 2.45. The molecule has 0 N–H and O–H groups in total. The van der Waals surface area contributed by atoms with E-state index in [9.17, 15) is 4.79 Å². The molecule has 1 fully saturated rings. The monoisotopic (exact) mass is 218 g/mol. The normalized spacial score (nSPS) is 30.0. The average molecular weight is 218 g/mol. The van der Waals surface area contributed by atoms with Crippen LogP contribution in [0.5, 0.6) is 0 Å². The first kappa shape index (κ1) is 12.4. The maximum absolute atomic E-state index is 11.5. The number of rotatable bonds is 4. The molecule has 88 valence electrons. The molecule has 0 aromatic carbocycles. The SMILES string of the molecule is CCO[C@H]1OC(=O)C(C)(C)O[C@@H]1OCC. The van der Waals surface area contributed by atoms with Crippen molar-refractivity contribution in [2.24, 2.45) is 0 Å². The minimum absolute atomic E-state index is 0.433. The van der Waals surface area contributed by atoms with Crippen molar-refractivity contribution in [1.29, 1.82) is 0 Å². The van der Waals surface area contributed by atoms with Crippen molar-refractivity contribution in [1.82, 2.24) is 0 Å². The Kier molecular flexibility index (Phi) is 4.07. The minimum Gasteiger partial charge on any atom is -0.428 e. The summed E-state index contributed by atoms with van der Waals surface area (Å²) in [5.74, 6) is -0.433. The number of hydrogen-bond donors (Lipinski definition) is 0. The molecule has 1 heterocycles. The second-order valence-corrected chi connectivity index (χ2v) is 3.68. The summed E-state index contributed by atoms with van der Waals surface area (Å²) in [7, 11) is 0. The highest BCUT2D eigenvalue weighted by atomic mass is 16.8. The van der Waals surface area contributed by atoms with Crippen LogP contribution in [0.1, 0.15) is 27.7 Å². The summed E-state index contributed by atoms with van der Waals surface area (Å²) in [6.45, 7) is 7.85. The summed E-state index contributed by atoms with van der Waals surface area (Å²) in [6.07, 6.45) is -1.42. The van der Waals surface area contributed by atoms with Gasteiger partial charge in [0.2, 0.25) is 6.29 Å². The second kappa shape index (κ2) is 4.92. The zero-order chi connectivity index (χ0) is 11.5. The first-order valence-electron chi connectivity index (χ1n) is 5.13. The second-order valence-electron chi connectivity index (χ2n) is 3.68. The summed E-state index contributed by atoms with van der Waals surface area (Å²) in [5, 5.41) is 0. The Morgan fingerprint density at radius 1 is 1.20 bits per heavy atom. The molecule has 15 heavy (non-hydrogen) atoms. The van der Waals surface area contributed by atoms with Crippen molar-refractivity contribution in [3.63, 3.8) is 0 Å². The summed E-state index contributed by atoms with van der Waals surface area (Å²) in [4.78, 5) is 11.5. The van der Waals surface area contributed by atoms with Gasteiger partial charge in [-0.15, -0.1) is 0 Å². The first-order valence-corrected chi connectivity index (χ1v) is 5.13. The summed E-state index contributed by atoms with van der Waals surface area (Å²) in [6, 6.07) is 0. The zero-order valence-electron chi connectivity index (χ0n) is 9.61. The van der Waals surface area contributed by atoms with Gasteiger partial charge in [0.15, 0.2) is 5.60 Å². The van der Waals surface area contributed by atoms with Gasteiger partial charge in [-0.3, -0.25) is 0 Å². The van der Waals surface area contributed by atoms with Crippen LogP contribution in [0.4, 0.5) is 0 Å². The lowest BCUT2D eigenvalue weighted by Gasteiger charge is -2.38. The van der Waals surface area contributed by atoms with E-state index in [-0.39, 0.29) is 0 Å². The fourth-order valence-electron chi connectivity index (χ4n) is 1.25. The van der Waals surface area contributed by atoms with Crippen molar-refractivity contribution < 1.29 is 23.7 Å². The topological polar surface area (TPSA) is 54.0 Å². The summed E-state index contributed by atoms with van der Waals surface area (Å²) in [5.41, 5.74) is -0.979. The van der Waals surface area contributed by atoms with Crippen LogP contribution in [0.2, 0.25) is 0 Å². The molecule has 0 spiro atoms. The first-order chi connectivity index (χ1) is 7.01. The molecular formula is C10H18O5. The summed E-state index contributed by atoms with van der Waals surface area (Å²) < 4.78 is 21.1. The van der Waals surface area contributed by atoms with Crippen molar-refractivity contribution in [3.05, 3.63) is 0 Å². The fraction of sp³-hybridized carbons (Fsp3) is 0.900. The number of carbonyl (C=O) groups excluding carboxylic acids is 1. The fourth-order valence-corrected chi connectivity index (χ4v) is 1.25. The average Bonchev–Trinajstić information content (AvgIpc) is 2.14. The van der Waals surface area contributed by atoms with Crippen LogP contribution in [0.3, 0.4) is 0 Å². The van der Waals surface area contributed by atoms with Crippen molar-refractivity contribution in [2.75, 3.05) is 13.2 Å². The van der Waals surface area contributed by atoms with Gasteiger partial charge < -0.3 is 18.9 Å². The van der Waals surface area contributed by atoms with Crippen LogP contribution >= 0.6 is 0 Å². The van der Waals surface area contributed by atoms with Gasteiger partial charge >= 0.3 is 5.97 Å². The van der Waals surface area contributed by atoms with E-state index in [1.807, 2.05) is 13.8 Å². The lowest BCUT2D eigenvalue weighted by molar-refractivity contribution is -0.332. The van der Waals surface area contributed by atoms with Crippen LogP contribution in [0, 0.1) is 0 Å². The number of cyclic esters (lactones) is 1. The van der Waals surface area contributed by atoms with E-state index >= 15 is 0 Å².